The average Bonchev–Trinajstić information content (AvgIpc) is 3.12. The zero-order chi connectivity index (χ0) is 15.5. The molecule has 0 fully saturated rings. The van der Waals surface area contributed by atoms with Crippen molar-refractivity contribution in [2.24, 2.45) is 0 Å². The smallest absolute Gasteiger partial charge is 0.258 e. The zero-order valence-electron chi connectivity index (χ0n) is 11.2. The Kier molecular flexibility index (Phi) is 2.13. The molecule has 102 valence electrons. The summed E-state index contributed by atoms with van der Waals surface area (Å²) >= 11 is 0. The summed E-state index contributed by atoms with van der Waals surface area (Å²) in [6, 6.07) is 16.3. The number of fused-ring (bicyclic) bond motifs is 5. The Balaban J connectivity index is 2.15. The molecule has 2 aliphatic rings. The monoisotopic (exact) mass is 285 g/mol. The lowest BCUT2D eigenvalue weighted by atomic mass is 9.85. The van der Waals surface area contributed by atoms with Crippen molar-refractivity contribution in [2.75, 3.05) is 0 Å². The number of nitriles is 2. The van der Waals surface area contributed by atoms with E-state index in [4.69, 9.17) is 0 Å². The van der Waals surface area contributed by atoms with Gasteiger partial charge in [-0.15, -0.1) is 0 Å². The van der Waals surface area contributed by atoms with Crippen molar-refractivity contribution in [2.45, 2.75) is 5.41 Å². The summed E-state index contributed by atoms with van der Waals surface area (Å²) < 4.78 is 0. The third kappa shape index (κ3) is 1.13. The predicted octanol–water partition coefficient (Wildman–Crippen LogP) is 3.22. The lowest BCUT2D eigenvalue weighted by Gasteiger charge is -2.13. The highest BCUT2D eigenvalue weighted by Gasteiger charge is 2.64. The standard InChI is InChI=1S/C17H7N3O2/c18-8-13-14(9-19)17(13)12-6-2-1-4-10(12)11-5-3-7-15(16(11)17)20(21)22/h1-7H. The normalized spacial score (nSPS) is 15.7. The van der Waals surface area contributed by atoms with Crippen LogP contribution in [0.5, 0.6) is 0 Å². The van der Waals surface area contributed by atoms with Crippen LogP contribution in [0.2, 0.25) is 0 Å². The van der Waals surface area contributed by atoms with Gasteiger partial charge in [-0.3, -0.25) is 10.1 Å². The van der Waals surface area contributed by atoms with Gasteiger partial charge in [0.2, 0.25) is 0 Å². The molecule has 0 amide bonds. The predicted molar refractivity (Wildman–Crippen MR) is 77.6 cm³/mol. The number of nitrogens with zero attached hydrogens (tertiary/aromatic N) is 3. The molecule has 0 radical (unpaired) electrons. The Hall–Kier alpha value is -3.44. The first-order valence-electron chi connectivity index (χ1n) is 6.61. The number of nitro benzene ring substituents is 1. The van der Waals surface area contributed by atoms with Gasteiger partial charge in [0.05, 0.1) is 33.8 Å². The molecule has 0 unspecified atom stereocenters. The minimum absolute atomic E-state index is 0.0494. The molecule has 4 rings (SSSR count). The van der Waals surface area contributed by atoms with E-state index in [-0.39, 0.29) is 5.69 Å². The number of nitro groups is 1. The molecule has 5 heteroatoms. The molecular formula is C17H7N3O2. The van der Waals surface area contributed by atoms with Crippen LogP contribution in [0, 0.1) is 32.8 Å². The molecule has 0 bridgehead atoms. The molecule has 0 heterocycles. The van der Waals surface area contributed by atoms with Crippen molar-refractivity contribution >= 4 is 5.69 Å². The quantitative estimate of drug-likeness (QED) is 0.594. The van der Waals surface area contributed by atoms with Gasteiger partial charge in [-0.25, -0.2) is 0 Å². The minimum atomic E-state index is -1.01. The van der Waals surface area contributed by atoms with E-state index < -0.39 is 10.3 Å². The summed E-state index contributed by atoms with van der Waals surface area (Å²) in [7, 11) is 0. The van der Waals surface area contributed by atoms with Gasteiger partial charge in [-0.05, 0) is 16.7 Å². The Bertz CT molecular complexity index is 966. The molecule has 2 aromatic carbocycles. The van der Waals surface area contributed by atoms with Crippen LogP contribution in [0.3, 0.4) is 0 Å². The van der Waals surface area contributed by atoms with Crippen molar-refractivity contribution in [3.8, 4) is 23.3 Å². The van der Waals surface area contributed by atoms with Gasteiger partial charge in [0.25, 0.3) is 5.69 Å². The molecule has 1 spiro atoms. The Morgan fingerprint density at radius 3 is 2.23 bits per heavy atom. The Morgan fingerprint density at radius 1 is 0.955 bits per heavy atom. The second-order valence-corrected chi connectivity index (χ2v) is 5.23. The summed E-state index contributed by atoms with van der Waals surface area (Å²) in [4.78, 5) is 11.0. The largest absolute Gasteiger partial charge is 0.274 e. The molecule has 0 saturated heterocycles. The second kappa shape index (κ2) is 3.81. The average molecular weight is 285 g/mol. The number of hydrogen-bond donors (Lipinski definition) is 0. The maximum absolute atomic E-state index is 11.4. The van der Waals surface area contributed by atoms with E-state index in [1.807, 2.05) is 24.3 Å². The van der Waals surface area contributed by atoms with E-state index in [2.05, 4.69) is 12.1 Å². The molecule has 0 aromatic heterocycles. The van der Waals surface area contributed by atoms with Crippen LogP contribution >= 0.6 is 0 Å². The second-order valence-electron chi connectivity index (χ2n) is 5.23. The molecule has 0 N–H and O–H groups in total. The lowest BCUT2D eigenvalue weighted by molar-refractivity contribution is -0.385. The first kappa shape index (κ1) is 12.3. The fraction of sp³-hybridized carbons (Fsp3) is 0.0588. The van der Waals surface area contributed by atoms with Crippen LogP contribution in [0.15, 0.2) is 53.6 Å². The highest BCUT2D eigenvalue weighted by Crippen LogP contribution is 2.67. The highest BCUT2D eigenvalue weighted by molar-refractivity contribution is 5.96. The van der Waals surface area contributed by atoms with Gasteiger partial charge in [0, 0.05) is 6.07 Å². The van der Waals surface area contributed by atoms with E-state index in [0.717, 1.165) is 16.7 Å². The summed E-state index contributed by atoms with van der Waals surface area (Å²) in [6.07, 6.45) is 0. The SMILES string of the molecule is N#CC1=C(C#N)C12c1ccccc1-c1cccc([N+](=O)[O-])c12. The number of rotatable bonds is 1. The van der Waals surface area contributed by atoms with Crippen LogP contribution in [0.25, 0.3) is 11.1 Å². The van der Waals surface area contributed by atoms with E-state index in [0.29, 0.717) is 16.7 Å². The van der Waals surface area contributed by atoms with Gasteiger partial charge >= 0.3 is 0 Å². The van der Waals surface area contributed by atoms with Gasteiger partial charge in [0.15, 0.2) is 0 Å². The first-order valence-corrected chi connectivity index (χ1v) is 6.61. The van der Waals surface area contributed by atoms with Crippen molar-refractivity contribution in [1.82, 2.24) is 0 Å². The summed E-state index contributed by atoms with van der Waals surface area (Å²) in [6.45, 7) is 0. The zero-order valence-corrected chi connectivity index (χ0v) is 11.2. The summed E-state index contributed by atoms with van der Waals surface area (Å²) in [5.74, 6) is 0. The van der Waals surface area contributed by atoms with Crippen LogP contribution in [0.1, 0.15) is 11.1 Å². The molecule has 2 aliphatic carbocycles. The maximum atomic E-state index is 11.4. The molecule has 5 nitrogen and oxygen atoms in total. The lowest BCUT2D eigenvalue weighted by Crippen LogP contribution is -2.13. The fourth-order valence-electron chi connectivity index (χ4n) is 3.57. The molecular weight excluding hydrogens is 278 g/mol. The molecule has 22 heavy (non-hydrogen) atoms. The minimum Gasteiger partial charge on any atom is -0.258 e. The van der Waals surface area contributed by atoms with Gasteiger partial charge in [-0.1, -0.05) is 36.4 Å². The maximum Gasteiger partial charge on any atom is 0.274 e. The van der Waals surface area contributed by atoms with Crippen LogP contribution in [-0.4, -0.2) is 4.92 Å². The van der Waals surface area contributed by atoms with E-state index in [9.17, 15) is 20.6 Å². The van der Waals surface area contributed by atoms with Crippen molar-refractivity contribution < 1.29 is 4.92 Å². The van der Waals surface area contributed by atoms with Crippen LogP contribution in [-0.2, 0) is 5.41 Å². The van der Waals surface area contributed by atoms with E-state index in [1.165, 1.54) is 6.07 Å². The molecule has 0 atom stereocenters. The topological polar surface area (TPSA) is 90.7 Å². The summed E-state index contributed by atoms with van der Waals surface area (Å²) in [5, 5.41) is 30.2. The van der Waals surface area contributed by atoms with E-state index >= 15 is 0 Å². The Morgan fingerprint density at radius 2 is 1.59 bits per heavy atom. The van der Waals surface area contributed by atoms with Gasteiger partial charge in [0.1, 0.15) is 5.41 Å². The number of benzene rings is 2. The molecule has 0 saturated carbocycles. The fourth-order valence-corrected chi connectivity index (χ4v) is 3.57. The van der Waals surface area contributed by atoms with Crippen molar-refractivity contribution in [3.05, 3.63) is 74.9 Å². The third-order valence-electron chi connectivity index (χ3n) is 4.40. The number of hydrogen-bond acceptors (Lipinski definition) is 4. The van der Waals surface area contributed by atoms with E-state index in [1.54, 1.807) is 12.1 Å². The molecule has 2 aromatic rings. The summed E-state index contributed by atoms with van der Waals surface area (Å²) in [5.41, 5.74) is 2.38. The first-order chi connectivity index (χ1) is 10.7. The van der Waals surface area contributed by atoms with Gasteiger partial charge in [-0.2, -0.15) is 10.5 Å². The van der Waals surface area contributed by atoms with Gasteiger partial charge < -0.3 is 0 Å². The Labute approximate surface area is 125 Å². The van der Waals surface area contributed by atoms with Crippen LogP contribution < -0.4 is 0 Å². The number of allylic oxidation sites excluding steroid dienone is 2. The van der Waals surface area contributed by atoms with Crippen molar-refractivity contribution in [3.63, 3.8) is 0 Å². The highest BCUT2D eigenvalue weighted by atomic mass is 16.6. The third-order valence-corrected chi connectivity index (χ3v) is 4.40. The van der Waals surface area contributed by atoms with Crippen LogP contribution in [0.4, 0.5) is 5.69 Å². The van der Waals surface area contributed by atoms with Crippen molar-refractivity contribution in [1.29, 1.82) is 10.5 Å². The molecule has 0 aliphatic heterocycles.